The van der Waals surface area contributed by atoms with E-state index in [9.17, 15) is 8.42 Å². The van der Waals surface area contributed by atoms with Crippen molar-refractivity contribution in [2.45, 2.75) is 11.3 Å². The molecule has 16 heavy (non-hydrogen) atoms. The normalized spacial score (nSPS) is 11.4. The Morgan fingerprint density at radius 2 is 2.00 bits per heavy atom. The third-order valence-corrected chi connectivity index (χ3v) is 3.61. The van der Waals surface area contributed by atoms with E-state index in [1.54, 1.807) is 24.3 Å². The van der Waals surface area contributed by atoms with Crippen LogP contribution in [0.5, 0.6) is 0 Å². The van der Waals surface area contributed by atoms with E-state index in [0.29, 0.717) is 18.8 Å². The molecule has 4 N–H and O–H groups in total. The van der Waals surface area contributed by atoms with Crippen molar-refractivity contribution in [3.8, 4) is 0 Å². The minimum atomic E-state index is -3.41. The van der Waals surface area contributed by atoms with Crippen LogP contribution in [0.1, 0.15) is 6.42 Å². The lowest BCUT2D eigenvalue weighted by molar-refractivity contribution is 0.588. The first kappa shape index (κ1) is 13.0. The van der Waals surface area contributed by atoms with Crippen LogP contribution < -0.4 is 15.8 Å². The number of rotatable bonds is 6. The molecule has 0 saturated carbocycles. The first-order valence-electron chi connectivity index (χ1n) is 5.08. The Labute approximate surface area is 96.1 Å². The van der Waals surface area contributed by atoms with Gasteiger partial charge in [-0.05, 0) is 32.1 Å². The molecule has 0 aliphatic carbocycles. The van der Waals surface area contributed by atoms with E-state index in [2.05, 4.69) is 10.0 Å². The SMILES string of the molecule is CNS(=O)(=O)c1ccccc1NCCCN. The van der Waals surface area contributed by atoms with Crippen LogP contribution in [0.15, 0.2) is 29.2 Å². The minimum absolute atomic E-state index is 0.259. The number of sulfonamides is 1. The molecular formula is C10H17N3O2S. The van der Waals surface area contributed by atoms with E-state index in [1.165, 1.54) is 7.05 Å². The van der Waals surface area contributed by atoms with Crippen molar-refractivity contribution in [1.29, 1.82) is 0 Å². The summed E-state index contributed by atoms with van der Waals surface area (Å²) in [7, 11) is -2.01. The Morgan fingerprint density at radius 1 is 1.31 bits per heavy atom. The van der Waals surface area contributed by atoms with Gasteiger partial charge in [-0.3, -0.25) is 0 Å². The van der Waals surface area contributed by atoms with Gasteiger partial charge in [0.05, 0.1) is 5.69 Å². The van der Waals surface area contributed by atoms with Crippen LogP contribution in [0, 0.1) is 0 Å². The molecule has 1 aromatic rings. The lowest BCUT2D eigenvalue weighted by atomic mass is 10.3. The fourth-order valence-corrected chi connectivity index (χ4v) is 2.19. The fourth-order valence-electron chi connectivity index (χ4n) is 1.28. The second-order valence-corrected chi connectivity index (χ2v) is 5.13. The van der Waals surface area contributed by atoms with Crippen molar-refractivity contribution in [2.75, 3.05) is 25.5 Å². The van der Waals surface area contributed by atoms with Crippen molar-refractivity contribution in [2.24, 2.45) is 5.73 Å². The minimum Gasteiger partial charge on any atom is -0.384 e. The zero-order chi connectivity index (χ0) is 12.0. The van der Waals surface area contributed by atoms with E-state index in [0.717, 1.165) is 6.42 Å². The average molecular weight is 243 g/mol. The maximum atomic E-state index is 11.7. The average Bonchev–Trinajstić information content (AvgIpc) is 2.30. The van der Waals surface area contributed by atoms with Gasteiger partial charge in [-0.1, -0.05) is 12.1 Å². The van der Waals surface area contributed by atoms with E-state index < -0.39 is 10.0 Å². The molecule has 0 saturated heterocycles. The van der Waals surface area contributed by atoms with Crippen molar-refractivity contribution in [3.63, 3.8) is 0 Å². The Kier molecular flexibility index (Phi) is 4.72. The second kappa shape index (κ2) is 5.83. The molecule has 0 bridgehead atoms. The number of hydrogen-bond donors (Lipinski definition) is 3. The largest absolute Gasteiger partial charge is 0.384 e. The molecule has 0 aliphatic heterocycles. The zero-order valence-corrected chi connectivity index (χ0v) is 10.0. The lowest BCUT2D eigenvalue weighted by Gasteiger charge is -2.11. The molecule has 5 nitrogen and oxygen atoms in total. The summed E-state index contributed by atoms with van der Waals surface area (Å²) in [6.07, 6.45) is 0.800. The summed E-state index contributed by atoms with van der Waals surface area (Å²) < 4.78 is 25.7. The van der Waals surface area contributed by atoms with Gasteiger partial charge in [0, 0.05) is 6.54 Å². The molecule has 0 amide bonds. The lowest BCUT2D eigenvalue weighted by Crippen LogP contribution is -2.20. The number of hydrogen-bond acceptors (Lipinski definition) is 4. The Hall–Kier alpha value is -1.11. The molecule has 0 radical (unpaired) electrons. The van der Waals surface area contributed by atoms with Gasteiger partial charge in [0.25, 0.3) is 0 Å². The number of nitrogens with one attached hydrogen (secondary N) is 2. The smallest absolute Gasteiger partial charge is 0.242 e. The summed E-state index contributed by atoms with van der Waals surface area (Å²) in [6.45, 7) is 1.24. The van der Waals surface area contributed by atoms with Gasteiger partial charge >= 0.3 is 0 Å². The molecule has 0 aliphatic rings. The molecule has 0 fully saturated rings. The molecule has 1 aromatic carbocycles. The van der Waals surface area contributed by atoms with Crippen molar-refractivity contribution in [1.82, 2.24) is 4.72 Å². The van der Waals surface area contributed by atoms with Gasteiger partial charge in [0.2, 0.25) is 10.0 Å². The monoisotopic (exact) mass is 243 g/mol. The zero-order valence-electron chi connectivity index (χ0n) is 9.23. The van der Waals surface area contributed by atoms with E-state index >= 15 is 0 Å². The molecule has 0 atom stereocenters. The third-order valence-electron chi connectivity index (χ3n) is 2.14. The molecule has 0 spiro atoms. The second-order valence-electron chi connectivity index (χ2n) is 3.27. The van der Waals surface area contributed by atoms with Crippen molar-refractivity contribution in [3.05, 3.63) is 24.3 Å². The predicted molar refractivity (Wildman–Crippen MR) is 64.8 cm³/mol. The topological polar surface area (TPSA) is 84.2 Å². The van der Waals surface area contributed by atoms with Crippen LogP contribution in [0.3, 0.4) is 0 Å². The first-order chi connectivity index (χ1) is 7.61. The molecular weight excluding hydrogens is 226 g/mol. The maximum absolute atomic E-state index is 11.7. The molecule has 6 heteroatoms. The van der Waals surface area contributed by atoms with Crippen LogP contribution >= 0.6 is 0 Å². The van der Waals surface area contributed by atoms with Crippen LogP contribution in [-0.4, -0.2) is 28.6 Å². The highest BCUT2D eigenvalue weighted by Crippen LogP contribution is 2.19. The summed E-state index contributed by atoms with van der Waals surface area (Å²) in [6, 6.07) is 6.79. The van der Waals surface area contributed by atoms with Gasteiger partial charge in [-0.2, -0.15) is 0 Å². The molecule has 0 aromatic heterocycles. The van der Waals surface area contributed by atoms with Crippen LogP contribution in [-0.2, 0) is 10.0 Å². The summed E-state index contributed by atoms with van der Waals surface area (Å²) in [5.41, 5.74) is 5.97. The third kappa shape index (κ3) is 3.19. The van der Waals surface area contributed by atoms with Crippen LogP contribution in [0.25, 0.3) is 0 Å². The Bertz CT molecular complexity index is 431. The Morgan fingerprint density at radius 3 is 2.62 bits per heavy atom. The molecule has 1 rings (SSSR count). The maximum Gasteiger partial charge on any atom is 0.242 e. The van der Waals surface area contributed by atoms with Gasteiger partial charge in [-0.15, -0.1) is 0 Å². The number of nitrogens with two attached hydrogens (primary N) is 1. The highest BCUT2D eigenvalue weighted by Gasteiger charge is 2.15. The number of anilines is 1. The molecule has 0 unspecified atom stereocenters. The summed E-state index contributed by atoms with van der Waals surface area (Å²) in [5.74, 6) is 0. The van der Waals surface area contributed by atoms with Gasteiger partial charge in [-0.25, -0.2) is 13.1 Å². The van der Waals surface area contributed by atoms with E-state index in [-0.39, 0.29) is 4.90 Å². The first-order valence-corrected chi connectivity index (χ1v) is 6.56. The van der Waals surface area contributed by atoms with Crippen molar-refractivity contribution < 1.29 is 8.42 Å². The Balaban J connectivity index is 2.92. The number of benzene rings is 1. The fraction of sp³-hybridized carbons (Fsp3) is 0.400. The van der Waals surface area contributed by atoms with E-state index in [1.807, 2.05) is 0 Å². The van der Waals surface area contributed by atoms with Crippen LogP contribution in [0.4, 0.5) is 5.69 Å². The van der Waals surface area contributed by atoms with Crippen molar-refractivity contribution >= 4 is 15.7 Å². The summed E-state index contributed by atoms with van der Waals surface area (Å²) >= 11 is 0. The number of para-hydroxylation sites is 1. The standard InChI is InChI=1S/C10H17N3O2S/c1-12-16(14,15)10-6-3-2-5-9(10)13-8-4-7-11/h2-3,5-6,12-13H,4,7-8,11H2,1H3. The summed E-state index contributed by atoms with van der Waals surface area (Å²) in [4.78, 5) is 0.259. The van der Waals surface area contributed by atoms with Gasteiger partial charge < -0.3 is 11.1 Å². The molecule has 0 heterocycles. The van der Waals surface area contributed by atoms with Gasteiger partial charge in [0.1, 0.15) is 4.90 Å². The quantitative estimate of drug-likeness (QED) is 0.630. The molecule has 90 valence electrons. The highest BCUT2D eigenvalue weighted by molar-refractivity contribution is 7.89. The van der Waals surface area contributed by atoms with Crippen LogP contribution in [0.2, 0.25) is 0 Å². The highest BCUT2D eigenvalue weighted by atomic mass is 32.2. The predicted octanol–water partition coefficient (Wildman–Crippen LogP) is 0.355. The van der Waals surface area contributed by atoms with Gasteiger partial charge in [0.15, 0.2) is 0 Å². The van der Waals surface area contributed by atoms with E-state index in [4.69, 9.17) is 5.73 Å². The summed E-state index contributed by atoms with van der Waals surface area (Å²) in [5, 5.41) is 3.06.